The summed E-state index contributed by atoms with van der Waals surface area (Å²) < 4.78 is 0. The molecule has 0 aliphatic heterocycles. The van der Waals surface area contributed by atoms with E-state index < -0.39 is 0 Å². The van der Waals surface area contributed by atoms with Gasteiger partial charge < -0.3 is 4.90 Å². The Hall–Kier alpha value is -0.340. The molecule has 2 heteroatoms. The number of halogens is 1. The predicted octanol–water partition coefficient (Wildman–Crippen LogP) is 3.54. The van der Waals surface area contributed by atoms with E-state index in [-0.39, 0.29) is 17.0 Å². The fourth-order valence-corrected chi connectivity index (χ4v) is 1.76. The Balaban J connectivity index is 0.00000196. The van der Waals surface area contributed by atoms with E-state index in [1.54, 1.807) is 0 Å². The van der Waals surface area contributed by atoms with Crippen molar-refractivity contribution >= 4 is 17.0 Å². The van der Waals surface area contributed by atoms with Crippen molar-refractivity contribution in [2.75, 3.05) is 14.1 Å². The average Bonchev–Trinajstić information content (AvgIpc) is 2.18. The number of hydrogen-bond acceptors (Lipinski definition) is 1. The summed E-state index contributed by atoms with van der Waals surface area (Å²) in [5.41, 5.74) is 1.44. The third kappa shape index (κ3) is 5.33. The molecular weight excluding hydrogens is 250 g/mol. The molecule has 0 spiro atoms. The highest BCUT2D eigenvalue weighted by molar-refractivity contribution is 8.93. The zero-order chi connectivity index (χ0) is 10.4. The smallest absolute Gasteiger partial charge is 0.0129 e. The molecule has 1 atom stereocenters. The van der Waals surface area contributed by atoms with Gasteiger partial charge in [0.15, 0.2) is 0 Å². The van der Waals surface area contributed by atoms with E-state index in [1.807, 2.05) is 0 Å². The highest BCUT2D eigenvalue weighted by Gasteiger charge is 2.10. The molecule has 0 saturated carbocycles. The molecule has 0 radical (unpaired) electrons. The Morgan fingerprint density at radius 3 is 2.20 bits per heavy atom. The Morgan fingerprint density at radius 1 is 1.13 bits per heavy atom. The first-order valence-corrected chi connectivity index (χ1v) is 5.44. The SMILES string of the molecule is Br.CCCC(Cc1ccccc1)N(C)C. The quantitative estimate of drug-likeness (QED) is 0.792. The van der Waals surface area contributed by atoms with Crippen molar-refractivity contribution in [1.82, 2.24) is 4.90 Å². The number of rotatable bonds is 5. The lowest BCUT2D eigenvalue weighted by atomic mass is 10.0. The van der Waals surface area contributed by atoms with Gasteiger partial charge in [0.1, 0.15) is 0 Å². The van der Waals surface area contributed by atoms with Crippen LogP contribution in [0.1, 0.15) is 25.3 Å². The molecule has 1 rings (SSSR count). The Kier molecular flexibility index (Phi) is 7.71. The summed E-state index contributed by atoms with van der Waals surface area (Å²) in [6.07, 6.45) is 3.71. The van der Waals surface area contributed by atoms with Gasteiger partial charge in [0.05, 0.1) is 0 Å². The molecule has 1 nitrogen and oxygen atoms in total. The number of nitrogens with zero attached hydrogens (tertiary/aromatic N) is 1. The normalized spacial score (nSPS) is 12.3. The molecule has 0 N–H and O–H groups in total. The summed E-state index contributed by atoms with van der Waals surface area (Å²) in [4.78, 5) is 2.33. The van der Waals surface area contributed by atoms with Gasteiger partial charge in [-0.3, -0.25) is 0 Å². The van der Waals surface area contributed by atoms with Gasteiger partial charge in [-0.25, -0.2) is 0 Å². The lowest BCUT2D eigenvalue weighted by molar-refractivity contribution is 0.275. The highest BCUT2D eigenvalue weighted by Crippen LogP contribution is 2.11. The van der Waals surface area contributed by atoms with Gasteiger partial charge in [0.25, 0.3) is 0 Å². The minimum atomic E-state index is 0. The molecule has 0 amide bonds. The standard InChI is InChI=1S/C13H21N.BrH/c1-4-8-13(14(2)3)11-12-9-6-5-7-10-12;/h5-7,9-10,13H,4,8,11H2,1-3H3;1H. The summed E-state index contributed by atoms with van der Waals surface area (Å²) in [6.45, 7) is 2.25. The Bertz CT molecular complexity index is 246. The van der Waals surface area contributed by atoms with Crippen LogP contribution < -0.4 is 0 Å². The second kappa shape index (κ2) is 7.89. The molecule has 0 bridgehead atoms. The van der Waals surface area contributed by atoms with Crippen LogP contribution in [0.2, 0.25) is 0 Å². The molecule has 1 aromatic rings. The van der Waals surface area contributed by atoms with Gasteiger partial charge >= 0.3 is 0 Å². The van der Waals surface area contributed by atoms with E-state index in [0.717, 1.165) is 0 Å². The van der Waals surface area contributed by atoms with Crippen LogP contribution in [0.25, 0.3) is 0 Å². The van der Waals surface area contributed by atoms with Gasteiger partial charge in [-0.05, 0) is 32.5 Å². The van der Waals surface area contributed by atoms with Crippen LogP contribution in [-0.4, -0.2) is 25.0 Å². The van der Waals surface area contributed by atoms with E-state index in [4.69, 9.17) is 0 Å². The van der Waals surface area contributed by atoms with Crippen LogP contribution >= 0.6 is 17.0 Å². The zero-order valence-corrected chi connectivity index (χ0v) is 11.7. The molecule has 0 saturated heterocycles. The lowest BCUT2D eigenvalue weighted by Gasteiger charge is -2.23. The van der Waals surface area contributed by atoms with Crippen LogP contribution in [0.3, 0.4) is 0 Å². The van der Waals surface area contributed by atoms with Crippen molar-refractivity contribution in [2.45, 2.75) is 32.2 Å². The first-order chi connectivity index (χ1) is 6.74. The van der Waals surface area contributed by atoms with Crippen LogP contribution in [-0.2, 0) is 6.42 Å². The molecule has 0 aliphatic rings. The minimum Gasteiger partial charge on any atom is -0.306 e. The fourth-order valence-electron chi connectivity index (χ4n) is 1.76. The first-order valence-electron chi connectivity index (χ1n) is 5.44. The van der Waals surface area contributed by atoms with Crippen molar-refractivity contribution in [2.24, 2.45) is 0 Å². The van der Waals surface area contributed by atoms with E-state index in [0.29, 0.717) is 6.04 Å². The molecular formula is C13H22BrN. The maximum Gasteiger partial charge on any atom is 0.0129 e. The number of likely N-dealkylation sites (N-methyl/N-ethyl adjacent to an activating group) is 1. The second-order valence-corrected chi connectivity index (χ2v) is 4.10. The minimum absolute atomic E-state index is 0. The van der Waals surface area contributed by atoms with Crippen LogP contribution in [0.5, 0.6) is 0 Å². The van der Waals surface area contributed by atoms with Gasteiger partial charge in [0, 0.05) is 6.04 Å². The molecule has 0 fully saturated rings. The molecule has 1 unspecified atom stereocenters. The predicted molar refractivity (Wildman–Crippen MR) is 72.9 cm³/mol. The lowest BCUT2D eigenvalue weighted by Crippen LogP contribution is -2.29. The molecule has 1 aromatic carbocycles. The zero-order valence-electron chi connectivity index (χ0n) is 9.94. The van der Waals surface area contributed by atoms with Crippen LogP contribution in [0.4, 0.5) is 0 Å². The Labute approximate surface area is 104 Å². The van der Waals surface area contributed by atoms with Crippen molar-refractivity contribution in [3.8, 4) is 0 Å². The Morgan fingerprint density at radius 2 is 1.73 bits per heavy atom. The van der Waals surface area contributed by atoms with E-state index in [1.165, 1.54) is 24.8 Å². The van der Waals surface area contributed by atoms with E-state index in [2.05, 4.69) is 56.3 Å². The van der Waals surface area contributed by atoms with Crippen molar-refractivity contribution < 1.29 is 0 Å². The maximum atomic E-state index is 2.33. The average molecular weight is 272 g/mol. The molecule has 86 valence electrons. The monoisotopic (exact) mass is 271 g/mol. The van der Waals surface area contributed by atoms with Gasteiger partial charge in [-0.1, -0.05) is 43.7 Å². The van der Waals surface area contributed by atoms with Crippen molar-refractivity contribution in [3.63, 3.8) is 0 Å². The summed E-state index contributed by atoms with van der Waals surface area (Å²) in [5, 5.41) is 0. The highest BCUT2D eigenvalue weighted by atomic mass is 79.9. The van der Waals surface area contributed by atoms with Crippen LogP contribution in [0.15, 0.2) is 30.3 Å². The van der Waals surface area contributed by atoms with E-state index >= 15 is 0 Å². The number of hydrogen-bond donors (Lipinski definition) is 0. The second-order valence-electron chi connectivity index (χ2n) is 4.10. The molecule has 15 heavy (non-hydrogen) atoms. The summed E-state index contributed by atoms with van der Waals surface area (Å²) in [6, 6.07) is 11.4. The van der Waals surface area contributed by atoms with E-state index in [9.17, 15) is 0 Å². The summed E-state index contributed by atoms with van der Waals surface area (Å²) in [5.74, 6) is 0. The van der Waals surface area contributed by atoms with Gasteiger partial charge in [-0.15, -0.1) is 17.0 Å². The topological polar surface area (TPSA) is 3.24 Å². The largest absolute Gasteiger partial charge is 0.306 e. The van der Waals surface area contributed by atoms with Gasteiger partial charge in [-0.2, -0.15) is 0 Å². The molecule has 0 aliphatic carbocycles. The van der Waals surface area contributed by atoms with Gasteiger partial charge in [0.2, 0.25) is 0 Å². The van der Waals surface area contributed by atoms with Crippen LogP contribution in [0, 0.1) is 0 Å². The maximum absolute atomic E-state index is 2.33. The summed E-state index contributed by atoms with van der Waals surface area (Å²) in [7, 11) is 4.34. The van der Waals surface area contributed by atoms with Crippen molar-refractivity contribution in [1.29, 1.82) is 0 Å². The third-order valence-corrected chi connectivity index (χ3v) is 2.67. The number of benzene rings is 1. The molecule has 0 heterocycles. The summed E-state index contributed by atoms with van der Waals surface area (Å²) >= 11 is 0. The van der Waals surface area contributed by atoms with Crippen molar-refractivity contribution in [3.05, 3.63) is 35.9 Å². The third-order valence-electron chi connectivity index (χ3n) is 2.67. The molecule has 0 aromatic heterocycles. The first kappa shape index (κ1) is 14.7. The fraction of sp³-hybridized carbons (Fsp3) is 0.538.